The average Bonchev–Trinajstić information content (AvgIpc) is 2.84. The minimum absolute atomic E-state index is 0.0151. The smallest absolute Gasteiger partial charge is 0.227 e. The first-order valence-corrected chi connectivity index (χ1v) is 13.6. The van der Waals surface area contributed by atoms with E-state index in [0.717, 1.165) is 43.5 Å². The first kappa shape index (κ1) is 27.3. The van der Waals surface area contributed by atoms with Gasteiger partial charge in [0.05, 0.1) is 22.6 Å². The maximum Gasteiger partial charge on any atom is 0.227 e. The van der Waals surface area contributed by atoms with Crippen LogP contribution in [0.5, 0.6) is 5.75 Å². The van der Waals surface area contributed by atoms with E-state index in [1.807, 2.05) is 18.2 Å². The molecule has 4 atom stereocenters. The van der Waals surface area contributed by atoms with Crippen molar-refractivity contribution in [3.8, 4) is 5.75 Å². The zero-order valence-corrected chi connectivity index (χ0v) is 23.2. The summed E-state index contributed by atoms with van der Waals surface area (Å²) in [6, 6.07) is 13.2. The van der Waals surface area contributed by atoms with E-state index < -0.39 is 0 Å². The van der Waals surface area contributed by atoms with E-state index in [9.17, 15) is 9.90 Å². The number of phenolic OH excluding ortho intramolecular Hbond substituents is 1. The molecule has 0 spiro atoms. The Hall–Kier alpha value is -1.79. The summed E-state index contributed by atoms with van der Waals surface area (Å²) in [4.78, 5) is 18.3. The van der Waals surface area contributed by atoms with Crippen LogP contribution < -0.4 is 0 Å². The number of carbonyl (C=O) groups excluding carboxylic acids is 1. The van der Waals surface area contributed by atoms with Crippen LogP contribution in [0.3, 0.4) is 0 Å². The van der Waals surface area contributed by atoms with Crippen molar-refractivity contribution < 1.29 is 14.6 Å². The van der Waals surface area contributed by atoms with Crippen molar-refractivity contribution in [1.29, 1.82) is 0 Å². The molecule has 5 nitrogen and oxygen atoms in total. The predicted octanol–water partition coefficient (Wildman–Crippen LogP) is 5.79. The Morgan fingerprint density at radius 3 is 2.67 bits per heavy atom. The van der Waals surface area contributed by atoms with Crippen molar-refractivity contribution in [3.05, 3.63) is 63.6 Å². The van der Waals surface area contributed by atoms with Crippen LogP contribution >= 0.6 is 23.2 Å². The molecule has 196 valence electrons. The number of nitrogens with zero attached hydrogens (tertiary/aromatic N) is 2. The van der Waals surface area contributed by atoms with E-state index in [4.69, 9.17) is 27.9 Å². The Kier molecular flexibility index (Phi) is 8.56. The minimum atomic E-state index is -0.173. The molecule has 0 radical (unpaired) electrons. The average molecular weight is 534 g/mol. The summed E-state index contributed by atoms with van der Waals surface area (Å²) in [5.74, 6) is 0.991. The fourth-order valence-corrected chi connectivity index (χ4v) is 6.72. The number of ether oxygens (including phenoxy) is 1. The molecule has 1 unspecified atom stereocenters. The third kappa shape index (κ3) is 5.70. The summed E-state index contributed by atoms with van der Waals surface area (Å²) in [6.07, 6.45) is 2.92. The van der Waals surface area contributed by atoms with E-state index in [1.165, 1.54) is 0 Å². The number of halogens is 2. The zero-order valence-electron chi connectivity index (χ0n) is 21.7. The van der Waals surface area contributed by atoms with Gasteiger partial charge in [-0.05, 0) is 74.2 Å². The first-order chi connectivity index (χ1) is 17.1. The van der Waals surface area contributed by atoms with Crippen LogP contribution in [0.4, 0.5) is 0 Å². The maximum atomic E-state index is 13.8. The molecule has 36 heavy (non-hydrogen) atoms. The minimum Gasteiger partial charge on any atom is -0.508 e. The number of likely N-dealkylation sites (tertiary alicyclic amines) is 1. The molecule has 1 aliphatic heterocycles. The van der Waals surface area contributed by atoms with E-state index in [1.54, 1.807) is 25.3 Å². The molecular formula is C29H38Cl2N2O3. The van der Waals surface area contributed by atoms with Crippen molar-refractivity contribution >= 4 is 29.1 Å². The highest BCUT2D eigenvalue weighted by atomic mass is 35.5. The number of aromatic hydroxyl groups is 1. The Balaban J connectivity index is 1.70. The molecule has 0 aromatic heterocycles. The number of fused-ring (bicyclic) bond motifs is 1. The molecule has 2 fully saturated rings. The second-order valence-electron chi connectivity index (χ2n) is 11.1. The van der Waals surface area contributed by atoms with Crippen LogP contribution in [0.15, 0.2) is 42.5 Å². The Morgan fingerprint density at radius 2 is 2.00 bits per heavy atom. The summed E-state index contributed by atoms with van der Waals surface area (Å²) in [7, 11) is 3.95. The van der Waals surface area contributed by atoms with Gasteiger partial charge in [-0.2, -0.15) is 0 Å². The lowest BCUT2D eigenvalue weighted by atomic mass is 9.56. The summed E-state index contributed by atoms with van der Waals surface area (Å²) in [5.41, 5.74) is 1.84. The molecule has 1 aliphatic carbocycles. The van der Waals surface area contributed by atoms with Gasteiger partial charge in [0.25, 0.3) is 0 Å². The largest absolute Gasteiger partial charge is 0.508 e. The molecule has 4 rings (SSSR count). The highest BCUT2D eigenvalue weighted by molar-refractivity contribution is 6.42. The second kappa shape index (κ2) is 11.3. The van der Waals surface area contributed by atoms with Crippen LogP contribution in [0.1, 0.15) is 44.2 Å². The van der Waals surface area contributed by atoms with Crippen molar-refractivity contribution in [3.63, 3.8) is 0 Å². The number of piperidine rings is 1. The molecule has 1 amide bonds. The number of methoxy groups -OCH3 is 1. The predicted molar refractivity (Wildman–Crippen MR) is 146 cm³/mol. The molecule has 1 saturated heterocycles. The van der Waals surface area contributed by atoms with Gasteiger partial charge in [0.1, 0.15) is 5.75 Å². The fourth-order valence-electron chi connectivity index (χ4n) is 6.40. The fraction of sp³-hybridized carbons (Fsp3) is 0.552. The number of carbonyl (C=O) groups is 1. The molecule has 1 N–H and O–H groups in total. The van der Waals surface area contributed by atoms with E-state index in [0.29, 0.717) is 22.5 Å². The number of rotatable bonds is 7. The number of benzene rings is 2. The quantitative estimate of drug-likeness (QED) is 0.490. The van der Waals surface area contributed by atoms with Gasteiger partial charge in [0.2, 0.25) is 5.91 Å². The van der Waals surface area contributed by atoms with Crippen molar-refractivity contribution in [2.45, 2.75) is 57.1 Å². The van der Waals surface area contributed by atoms with Gasteiger partial charge in [-0.25, -0.2) is 0 Å². The molecule has 1 saturated carbocycles. The Morgan fingerprint density at radius 1 is 1.22 bits per heavy atom. The van der Waals surface area contributed by atoms with Gasteiger partial charge in [0.15, 0.2) is 0 Å². The summed E-state index contributed by atoms with van der Waals surface area (Å²) >= 11 is 12.3. The van der Waals surface area contributed by atoms with Crippen LogP contribution in [-0.2, 0) is 21.4 Å². The van der Waals surface area contributed by atoms with Gasteiger partial charge < -0.3 is 19.6 Å². The molecular weight excluding hydrogens is 495 g/mol. The highest BCUT2D eigenvalue weighted by Crippen LogP contribution is 2.51. The summed E-state index contributed by atoms with van der Waals surface area (Å²) < 4.78 is 6.14. The second-order valence-corrected chi connectivity index (χ2v) is 11.9. The molecule has 2 aliphatic rings. The topological polar surface area (TPSA) is 53.0 Å². The Labute approximate surface area is 225 Å². The van der Waals surface area contributed by atoms with Crippen molar-refractivity contribution in [2.75, 3.05) is 33.8 Å². The van der Waals surface area contributed by atoms with Gasteiger partial charge in [0, 0.05) is 37.6 Å². The third-order valence-corrected chi connectivity index (χ3v) is 8.84. The van der Waals surface area contributed by atoms with Gasteiger partial charge >= 0.3 is 0 Å². The first-order valence-electron chi connectivity index (χ1n) is 12.9. The Bertz CT molecular complexity index is 1080. The number of hydrogen-bond donors (Lipinski definition) is 1. The normalized spacial score (nSPS) is 26.6. The van der Waals surface area contributed by atoms with Gasteiger partial charge in [-0.15, -0.1) is 0 Å². The number of amides is 1. The summed E-state index contributed by atoms with van der Waals surface area (Å²) in [6.45, 7) is 6.89. The maximum absolute atomic E-state index is 13.8. The van der Waals surface area contributed by atoms with Crippen LogP contribution in [-0.4, -0.2) is 66.8 Å². The monoisotopic (exact) mass is 532 g/mol. The van der Waals surface area contributed by atoms with Crippen molar-refractivity contribution in [1.82, 2.24) is 9.80 Å². The van der Waals surface area contributed by atoms with Gasteiger partial charge in [-0.3, -0.25) is 4.79 Å². The SMILES string of the molecule is COC1C[C@H](N(CC(C)C)C(=O)Cc2ccc(Cl)c(Cl)c2)C[C@]2(c3cccc(O)c3)CCN(C)C[C@@H]12. The molecule has 7 heteroatoms. The number of phenols is 1. The molecule has 0 bridgehead atoms. The van der Waals surface area contributed by atoms with Gasteiger partial charge in [-0.1, -0.05) is 55.2 Å². The number of hydrogen-bond acceptors (Lipinski definition) is 4. The highest BCUT2D eigenvalue weighted by Gasteiger charge is 2.53. The van der Waals surface area contributed by atoms with Crippen LogP contribution in [0.25, 0.3) is 0 Å². The van der Waals surface area contributed by atoms with Crippen LogP contribution in [0, 0.1) is 11.8 Å². The van der Waals surface area contributed by atoms with Crippen LogP contribution in [0.2, 0.25) is 10.0 Å². The lowest BCUT2D eigenvalue weighted by Gasteiger charge is -2.56. The zero-order chi connectivity index (χ0) is 26.0. The van der Waals surface area contributed by atoms with E-state index in [-0.39, 0.29) is 41.6 Å². The standard InChI is InChI=1S/C29H38Cl2N2O3/c1-19(2)17-33(28(35)13-20-8-9-25(30)26(31)12-20)22-15-27(36-4)24-18-32(3)11-10-29(24,16-22)21-6-5-7-23(34)14-21/h5-9,12,14,19,22,24,27,34H,10-11,13,15-18H2,1-4H3/t22-,24-,27?,29-/m0/s1. The third-order valence-electron chi connectivity index (χ3n) is 8.10. The molecule has 2 aromatic rings. The van der Waals surface area contributed by atoms with E-state index >= 15 is 0 Å². The summed E-state index contributed by atoms with van der Waals surface area (Å²) in [5, 5.41) is 11.3. The van der Waals surface area contributed by atoms with Crippen molar-refractivity contribution in [2.24, 2.45) is 11.8 Å². The molecule has 1 heterocycles. The van der Waals surface area contributed by atoms with E-state index in [2.05, 4.69) is 36.8 Å². The molecule has 2 aromatic carbocycles. The lowest BCUT2D eigenvalue weighted by Crippen LogP contribution is -2.61. The lowest BCUT2D eigenvalue weighted by molar-refractivity contribution is -0.139.